The van der Waals surface area contributed by atoms with E-state index in [9.17, 15) is 4.79 Å². The molecule has 0 unspecified atom stereocenters. The Hall–Kier alpha value is -2.06. The molecule has 0 bridgehead atoms. The van der Waals surface area contributed by atoms with Crippen molar-refractivity contribution in [2.75, 3.05) is 12.3 Å². The van der Waals surface area contributed by atoms with E-state index in [0.29, 0.717) is 29.0 Å². The summed E-state index contributed by atoms with van der Waals surface area (Å²) in [4.78, 5) is 15.8. The third kappa shape index (κ3) is 2.87. The predicted molar refractivity (Wildman–Crippen MR) is 92.9 cm³/mol. The summed E-state index contributed by atoms with van der Waals surface area (Å²) in [5.41, 5.74) is 1.28. The van der Waals surface area contributed by atoms with E-state index in [2.05, 4.69) is 21.6 Å². The lowest BCUT2D eigenvalue weighted by Crippen LogP contribution is -2.36. The molecule has 6 nitrogen and oxygen atoms in total. The van der Waals surface area contributed by atoms with Crippen molar-refractivity contribution in [3.63, 3.8) is 0 Å². The van der Waals surface area contributed by atoms with Gasteiger partial charge >= 0.3 is 0 Å². The number of hydrogen-bond donors (Lipinski definition) is 0. The number of carbonyl (C=O) groups is 1. The van der Waals surface area contributed by atoms with E-state index in [1.165, 1.54) is 22.2 Å². The minimum atomic E-state index is 0.138. The molecule has 4 rings (SSSR count). The van der Waals surface area contributed by atoms with Gasteiger partial charge in [0, 0.05) is 25.0 Å². The topological polar surface area (TPSA) is 64.2 Å². The minimum Gasteiger partial charge on any atom is -0.461 e. The summed E-state index contributed by atoms with van der Waals surface area (Å²) in [5, 5.41) is 11.1. The second-order valence-electron chi connectivity index (χ2n) is 5.57. The van der Waals surface area contributed by atoms with E-state index in [4.69, 9.17) is 4.42 Å². The van der Waals surface area contributed by atoms with Crippen LogP contribution in [0.2, 0.25) is 0 Å². The average molecular weight is 360 g/mol. The van der Waals surface area contributed by atoms with Crippen LogP contribution in [0.3, 0.4) is 0 Å². The van der Waals surface area contributed by atoms with E-state index in [1.807, 2.05) is 28.6 Å². The molecule has 8 heteroatoms. The number of thiophene rings is 1. The van der Waals surface area contributed by atoms with E-state index >= 15 is 0 Å². The van der Waals surface area contributed by atoms with Gasteiger partial charge in [-0.1, -0.05) is 11.8 Å². The maximum absolute atomic E-state index is 12.5. The zero-order chi connectivity index (χ0) is 16.5. The summed E-state index contributed by atoms with van der Waals surface area (Å²) < 4.78 is 7.20. The van der Waals surface area contributed by atoms with Crippen LogP contribution in [0.15, 0.2) is 39.4 Å². The minimum absolute atomic E-state index is 0.138. The van der Waals surface area contributed by atoms with Gasteiger partial charge < -0.3 is 13.9 Å². The molecule has 0 atom stereocenters. The van der Waals surface area contributed by atoms with Crippen molar-refractivity contribution in [2.45, 2.75) is 18.1 Å². The molecule has 1 amide bonds. The first-order valence-electron chi connectivity index (χ1n) is 7.61. The normalized spacial score (nSPS) is 14.0. The summed E-state index contributed by atoms with van der Waals surface area (Å²) in [7, 11) is 1.88. The molecule has 1 aliphatic rings. The number of aromatic nitrogens is 3. The predicted octanol–water partition coefficient (Wildman–Crippen LogP) is 2.81. The van der Waals surface area contributed by atoms with Gasteiger partial charge in [-0.2, -0.15) is 0 Å². The molecule has 0 aromatic carbocycles. The van der Waals surface area contributed by atoms with Crippen molar-refractivity contribution < 1.29 is 9.21 Å². The highest BCUT2D eigenvalue weighted by atomic mass is 32.2. The Morgan fingerprint density at radius 1 is 1.42 bits per heavy atom. The Morgan fingerprint density at radius 3 is 3.17 bits per heavy atom. The van der Waals surface area contributed by atoms with E-state index < -0.39 is 0 Å². The van der Waals surface area contributed by atoms with E-state index in [-0.39, 0.29) is 5.91 Å². The Labute approximate surface area is 147 Å². The number of thioether (sulfide) groups is 1. The molecule has 4 heterocycles. The average Bonchev–Trinajstić information content (AvgIpc) is 3.32. The van der Waals surface area contributed by atoms with Crippen molar-refractivity contribution in [1.82, 2.24) is 19.7 Å². The van der Waals surface area contributed by atoms with Gasteiger partial charge in [0.15, 0.2) is 16.7 Å². The maximum atomic E-state index is 12.5. The van der Waals surface area contributed by atoms with Crippen LogP contribution >= 0.6 is 23.1 Å². The Balaban J connectivity index is 1.40. The largest absolute Gasteiger partial charge is 0.461 e. The molecule has 0 fully saturated rings. The maximum Gasteiger partial charge on any atom is 0.233 e. The number of amides is 1. The molecule has 3 aromatic heterocycles. The molecule has 24 heavy (non-hydrogen) atoms. The fraction of sp³-hybridized carbons (Fsp3) is 0.312. The highest BCUT2D eigenvalue weighted by Crippen LogP contribution is 2.26. The molecular weight excluding hydrogens is 344 g/mol. The number of furan rings is 1. The monoisotopic (exact) mass is 360 g/mol. The summed E-state index contributed by atoms with van der Waals surface area (Å²) in [6.07, 6.45) is 2.56. The van der Waals surface area contributed by atoms with E-state index in [1.54, 1.807) is 17.6 Å². The molecule has 0 saturated carbocycles. The number of fused-ring (bicyclic) bond motifs is 1. The van der Waals surface area contributed by atoms with Crippen molar-refractivity contribution in [1.29, 1.82) is 0 Å². The third-order valence-electron chi connectivity index (χ3n) is 4.06. The van der Waals surface area contributed by atoms with Gasteiger partial charge in [-0.05, 0) is 35.6 Å². The Morgan fingerprint density at radius 2 is 2.33 bits per heavy atom. The Bertz CT molecular complexity index is 853. The van der Waals surface area contributed by atoms with Gasteiger partial charge in [0.25, 0.3) is 0 Å². The molecule has 0 spiro atoms. The number of carbonyl (C=O) groups excluding carboxylic acids is 1. The first-order chi connectivity index (χ1) is 11.7. The molecule has 124 valence electrons. The van der Waals surface area contributed by atoms with Crippen molar-refractivity contribution in [2.24, 2.45) is 7.05 Å². The highest BCUT2D eigenvalue weighted by Gasteiger charge is 2.22. The fourth-order valence-corrected chi connectivity index (χ4v) is 4.44. The van der Waals surface area contributed by atoms with Crippen LogP contribution in [0.4, 0.5) is 0 Å². The quantitative estimate of drug-likeness (QED) is 0.670. The number of nitrogens with zero attached hydrogens (tertiary/aromatic N) is 4. The van der Waals surface area contributed by atoms with Crippen molar-refractivity contribution in [3.05, 3.63) is 40.3 Å². The molecule has 1 aliphatic heterocycles. The van der Waals surface area contributed by atoms with Gasteiger partial charge in [0.2, 0.25) is 5.91 Å². The van der Waals surface area contributed by atoms with Crippen LogP contribution in [0.1, 0.15) is 10.4 Å². The first-order valence-corrected chi connectivity index (χ1v) is 9.48. The highest BCUT2D eigenvalue weighted by molar-refractivity contribution is 7.99. The van der Waals surface area contributed by atoms with Crippen LogP contribution in [-0.2, 0) is 24.8 Å². The fourth-order valence-electron chi connectivity index (χ4n) is 2.74. The van der Waals surface area contributed by atoms with Crippen LogP contribution in [0, 0.1) is 0 Å². The standard InChI is InChI=1S/C16H16N4O2S2/c1-19-15(12-3-2-7-22-12)17-18-16(19)24-10-14(21)20-6-4-13-11(9-20)5-8-23-13/h2-3,5,7-8H,4,6,9-10H2,1H3. The van der Waals surface area contributed by atoms with Gasteiger partial charge in [-0.3, -0.25) is 4.79 Å². The molecule has 0 N–H and O–H groups in total. The van der Waals surface area contributed by atoms with E-state index in [0.717, 1.165) is 13.0 Å². The SMILES string of the molecule is Cn1c(SCC(=O)N2CCc3sccc3C2)nnc1-c1ccco1. The van der Waals surface area contributed by atoms with Gasteiger partial charge in [-0.25, -0.2) is 0 Å². The van der Waals surface area contributed by atoms with Crippen LogP contribution in [-0.4, -0.2) is 37.9 Å². The van der Waals surface area contributed by atoms with Crippen molar-refractivity contribution in [3.8, 4) is 11.6 Å². The summed E-state index contributed by atoms with van der Waals surface area (Å²) >= 11 is 3.19. The zero-order valence-corrected chi connectivity index (χ0v) is 14.8. The first kappa shape index (κ1) is 15.5. The Kier molecular flexibility index (Phi) is 4.15. The van der Waals surface area contributed by atoms with Crippen LogP contribution in [0.25, 0.3) is 11.6 Å². The van der Waals surface area contributed by atoms with Gasteiger partial charge in [0.1, 0.15) is 0 Å². The lowest BCUT2D eigenvalue weighted by molar-refractivity contribution is -0.129. The van der Waals surface area contributed by atoms with Crippen LogP contribution < -0.4 is 0 Å². The number of hydrogen-bond acceptors (Lipinski definition) is 6. The second kappa shape index (κ2) is 6.45. The summed E-state index contributed by atoms with van der Waals surface area (Å²) in [6.45, 7) is 1.51. The van der Waals surface area contributed by atoms with Crippen LogP contribution in [0.5, 0.6) is 0 Å². The smallest absolute Gasteiger partial charge is 0.233 e. The molecule has 3 aromatic rings. The summed E-state index contributed by atoms with van der Waals surface area (Å²) in [5.74, 6) is 1.84. The lowest BCUT2D eigenvalue weighted by atomic mass is 10.1. The zero-order valence-electron chi connectivity index (χ0n) is 13.1. The molecule has 0 saturated heterocycles. The second-order valence-corrected chi connectivity index (χ2v) is 7.51. The summed E-state index contributed by atoms with van der Waals surface area (Å²) in [6, 6.07) is 5.77. The number of rotatable bonds is 4. The third-order valence-corrected chi connectivity index (χ3v) is 6.09. The molecule has 0 aliphatic carbocycles. The molecular formula is C16H16N4O2S2. The van der Waals surface area contributed by atoms with Crippen molar-refractivity contribution >= 4 is 29.0 Å². The van der Waals surface area contributed by atoms with Gasteiger partial charge in [0.05, 0.1) is 12.0 Å². The lowest BCUT2D eigenvalue weighted by Gasteiger charge is -2.26. The molecule has 0 radical (unpaired) electrons. The van der Waals surface area contributed by atoms with Gasteiger partial charge in [-0.15, -0.1) is 21.5 Å².